The SMILES string of the molecule is CC(CCS(C)=O)NC(=O)c1cccnc1N. The summed E-state index contributed by atoms with van der Waals surface area (Å²) in [5, 5.41) is 2.80. The van der Waals surface area contributed by atoms with E-state index in [9.17, 15) is 9.00 Å². The predicted octanol–water partition coefficient (Wildman–Crippen LogP) is 0.551. The number of anilines is 1. The molecular weight excluding hydrogens is 238 g/mol. The largest absolute Gasteiger partial charge is 0.383 e. The average molecular weight is 255 g/mol. The molecule has 1 aromatic heterocycles. The molecule has 0 radical (unpaired) electrons. The maximum Gasteiger partial charge on any atom is 0.255 e. The minimum Gasteiger partial charge on any atom is -0.383 e. The summed E-state index contributed by atoms with van der Waals surface area (Å²) in [6.45, 7) is 1.87. The van der Waals surface area contributed by atoms with E-state index < -0.39 is 10.8 Å². The third-order valence-corrected chi connectivity index (χ3v) is 3.11. The van der Waals surface area contributed by atoms with Crippen molar-refractivity contribution in [3.63, 3.8) is 0 Å². The van der Waals surface area contributed by atoms with Crippen molar-refractivity contribution in [2.45, 2.75) is 19.4 Å². The fraction of sp³-hybridized carbons (Fsp3) is 0.455. The molecule has 6 heteroatoms. The molecule has 0 fully saturated rings. The van der Waals surface area contributed by atoms with Gasteiger partial charge in [-0.05, 0) is 25.5 Å². The Morgan fingerprint density at radius 2 is 2.35 bits per heavy atom. The van der Waals surface area contributed by atoms with Crippen LogP contribution in [0.25, 0.3) is 0 Å². The number of pyridine rings is 1. The first-order valence-electron chi connectivity index (χ1n) is 5.32. The van der Waals surface area contributed by atoms with E-state index in [2.05, 4.69) is 10.3 Å². The number of carbonyl (C=O) groups is 1. The molecule has 0 aliphatic rings. The van der Waals surface area contributed by atoms with Gasteiger partial charge in [0.05, 0.1) is 5.56 Å². The molecule has 0 aromatic carbocycles. The number of aromatic nitrogens is 1. The Labute approximate surface area is 103 Å². The third kappa shape index (κ3) is 4.52. The molecule has 5 nitrogen and oxygen atoms in total. The van der Waals surface area contributed by atoms with E-state index >= 15 is 0 Å². The van der Waals surface area contributed by atoms with Crippen LogP contribution in [0.1, 0.15) is 23.7 Å². The molecule has 2 unspecified atom stereocenters. The molecule has 94 valence electrons. The van der Waals surface area contributed by atoms with Gasteiger partial charge in [0.25, 0.3) is 5.91 Å². The minimum absolute atomic E-state index is 0.0361. The standard InChI is InChI=1S/C11H17N3O2S/c1-8(5-7-17(2)16)14-11(15)9-4-3-6-13-10(9)12/h3-4,6,8H,5,7H2,1-2H3,(H2,12,13)(H,14,15). The Bertz CT molecular complexity index is 423. The number of nitrogens with two attached hydrogens (primary N) is 1. The summed E-state index contributed by atoms with van der Waals surface area (Å²) in [6.07, 6.45) is 3.86. The highest BCUT2D eigenvalue weighted by Crippen LogP contribution is 2.07. The van der Waals surface area contributed by atoms with Crippen LogP contribution in [0.4, 0.5) is 5.82 Å². The van der Waals surface area contributed by atoms with Crippen molar-refractivity contribution < 1.29 is 9.00 Å². The smallest absolute Gasteiger partial charge is 0.255 e. The Balaban J connectivity index is 2.55. The number of nitrogens with zero attached hydrogens (tertiary/aromatic N) is 1. The van der Waals surface area contributed by atoms with Gasteiger partial charge in [-0.15, -0.1) is 0 Å². The van der Waals surface area contributed by atoms with Crippen LogP contribution >= 0.6 is 0 Å². The van der Waals surface area contributed by atoms with E-state index in [1.54, 1.807) is 18.4 Å². The number of hydrogen-bond donors (Lipinski definition) is 2. The van der Waals surface area contributed by atoms with Crippen molar-refractivity contribution in [2.24, 2.45) is 0 Å². The molecule has 17 heavy (non-hydrogen) atoms. The van der Waals surface area contributed by atoms with Crippen LogP contribution in [0.15, 0.2) is 18.3 Å². The van der Waals surface area contributed by atoms with Gasteiger partial charge in [0.15, 0.2) is 0 Å². The van der Waals surface area contributed by atoms with Gasteiger partial charge in [-0.2, -0.15) is 0 Å². The second-order valence-electron chi connectivity index (χ2n) is 3.88. The fourth-order valence-electron chi connectivity index (χ4n) is 1.33. The lowest BCUT2D eigenvalue weighted by molar-refractivity contribution is 0.0940. The lowest BCUT2D eigenvalue weighted by Crippen LogP contribution is -2.34. The molecule has 1 rings (SSSR count). The molecule has 1 heterocycles. The van der Waals surface area contributed by atoms with Crippen molar-refractivity contribution in [3.05, 3.63) is 23.9 Å². The topological polar surface area (TPSA) is 85.1 Å². The highest BCUT2D eigenvalue weighted by atomic mass is 32.2. The molecular formula is C11H17N3O2S. The van der Waals surface area contributed by atoms with Crippen molar-refractivity contribution in [3.8, 4) is 0 Å². The van der Waals surface area contributed by atoms with Gasteiger partial charge in [-0.3, -0.25) is 9.00 Å². The first-order valence-corrected chi connectivity index (χ1v) is 7.04. The second-order valence-corrected chi connectivity index (χ2v) is 5.43. The Morgan fingerprint density at radius 3 is 2.94 bits per heavy atom. The number of amides is 1. The predicted molar refractivity (Wildman–Crippen MR) is 69.1 cm³/mol. The zero-order chi connectivity index (χ0) is 12.8. The summed E-state index contributed by atoms with van der Waals surface area (Å²) in [7, 11) is -0.838. The first-order chi connectivity index (χ1) is 8.00. The maximum absolute atomic E-state index is 11.8. The first kappa shape index (κ1) is 13.6. The second kappa shape index (κ2) is 6.34. The van der Waals surface area contributed by atoms with Gasteiger partial charge in [0.1, 0.15) is 5.82 Å². The van der Waals surface area contributed by atoms with Crippen LogP contribution in [0.3, 0.4) is 0 Å². The van der Waals surface area contributed by atoms with Crippen molar-refractivity contribution in [1.82, 2.24) is 10.3 Å². The summed E-state index contributed by atoms with van der Waals surface area (Å²) in [4.78, 5) is 15.7. The van der Waals surface area contributed by atoms with E-state index in [4.69, 9.17) is 5.73 Å². The van der Waals surface area contributed by atoms with Gasteiger partial charge in [0.2, 0.25) is 0 Å². The summed E-state index contributed by atoms with van der Waals surface area (Å²) in [6, 6.07) is 3.25. The third-order valence-electron chi connectivity index (χ3n) is 2.30. The van der Waals surface area contributed by atoms with Gasteiger partial charge in [-0.1, -0.05) is 0 Å². The Hall–Kier alpha value is -1.43. The Morgan fingerprint density at radius 1 is 1.65 bits per heavy atom. The average Bonchev–Trinajstić information content (AvgIpc) is 2.26. The highest BCUT2D eigenvalue weighted by molar-refractivity contribution is 7.84. The number of nitrogen functional groups attached to an aromatic ring is 1. The van der Waals surface area contributed by atoms with Crippen LogP contribution < -0.4 is 11.1 Å². The van der Waals surface area contributed by atoms with E-state index in [-0.39, 0.29) is 17.8 Å². The molecule has 0 aliphatic heterocycles. The molecule has 1 amide bonds. The molecule has 0 spiro atoms. The quantitative estimate of drug-likeness (QED) is 0.804. The molecule has 0 saturated carbocycles. The zero-order valence-electron chi connectivity index (χ0n) is 9.97. The molecule has 3 N–H and O–H groups in total. The van der Waals surface area contributed by atoms with Gasteiger partial charge < -0.3 is 11.1 Å². The monoisotopic (exact) mass is 255 g/mol. The molecule has 0 aliphatic carbocycles. The summed E-state index contributed by atoms with van der Waals surface area (Å²) >= 11 is 0. The minimum atomic E-state index is -0.838. The molecule has 1 aromatic rings. The summed E-state index contributed by atoms with van der Waals surface area (Å²) < 4.78 is 10.9. The van der Waals surface area contributed by atoms with Crippen molar-refractivity contribution in [2.75, 3.05) is 17.7 Å². The van der Waals surface area contributed by atoms with Crippen LogP contribution in [-0.2, 0) is 10.8 Å². The highest BCUT2D eigenvalue weighted by Gasteiger charge is 2.12. The molecule has 0 bridgehead atoms. The Kier molecular flexibility index (Phi) is 5.09. The van der Waals surface area contributed by atoms with E-state index in [1.807, 2.05) is 6.92 Å². The van der Waals surface area contributed by atoms with E-state index in [0.717, 1.165) is 0 Å². The van der Waals surface area contributed by atoms with Gasteiger partial charge in [-0.25, -0.2) is 4.98 Å². The van der Waals surface area contributed by atoms with Gasteiger partial charge in [0, 0.05) is 35.0 Å². The number of carbonyl (C=O) groups excluding carboxylic acids is 1. The van der Waals surface area contributed by atoms with Crippen molar-refractivity contribution in [1.29, 1.82) is 0 Å². The molecule has 2 atom stereocenters. The normalized spacial score (nSPS) is 14.0. The van der Waals surface area contributed by atoms with Gasteiger partial charge >= 0.3 is 0 Å². The summed E-state index contributed by atoms with van der Waals surface area (Å²) in [5.74, 6) is 0.547. The maximum atomic E-state index is 11.8. The lowest BCUT2D eigenvalue weighted by atomic mass is 10.2. The number of hydrogen-bond acceptors (Lipinski definition) is 4. The van der Waals surface area contributed by atoms with E-state index in [0.29, 0.717) is 17.7 Å². The fourth-order valence-corrected chi connectivity index (χ4v) is 2.01. The van der Waals surface area contributed by atoms with Crippen LogP contribution in [0.2, 0.25) is 0 Å². The zero-order valence-corrected chi connectivity index (χ0v) is 10.8. The summed E-state index contributed by atoms with van der Waals surface area (Å²) in [5.41, 5.74) is 5.97. The molecule has 0 saturated heterocycles. The van der Waals surface area contributed by atoms with Crippen molar-refractivity contribution >= 4 is 22.5 Å². The van der Waals surface area contributed by atoms with Crippen LogP contribution in [-0.4, -0.2) is 33.2 Å². The van der Waals surface area contributed by atoms with E-state index in [1.165, 1.54) is 6.20 Å². The lowest BCUT2D eigenvalue weighted by Gasteiger charge is -2.13. The number of nitrogens with one attached hydrogen (secondary N) is 1. The van der Waals surface area contributed by atoms with Crippen LogP contribution in [0.5, 0.6) is 0 Å². The van der Waals surface area contributed by atoms with Crippen LogP contribution in [0, 0.1) is 0 Å². The number of rotatable bonds is 5.